The van der Waals surface area contributed by atoms with Gasteiger partial charge in [-0.15, -0.1) is 0 Å². The van der Waals surface area contributed by atoms with Crippen LogP contribution in [0.3, 0.4) is 0 Å². The van der Waals surface area contributed by atoms with Crippen molar-refractivity contribution in [2.45, 2.75) is 6.92 Å². The molecule has 0 unspecified atom stereocenters. The summed E-state index contributed by atoms with van der Waals surface area (Å²) in [4.78, 5) is 11.1. The summed E-state index contributed by atoms with van der Waals surface area (Å²) in [5.41, 5.74) is 5.48. The van der Waals surface area contributed by atoms with Crippen LogP contribution in [0.15, 0.2) is 24.3 Å². The molecule has 7 heteroatoms. The van der Waals surface area contributed by atoms with Gasteiger partial charge in [-0.05, 0) is 19.1 Å². The molecule has 0 atom stereocenters. The molecule has 6 nitrogen and oxygen atoms in total. The van der Waals surface area contributed by atoms with Crippen molar-refractivity contribution in [2.24, 2.45) is 5.73 Å². The fraction of sp³-hybridized carbons (Fsp3) is 0.308. The highest BCUT2D eigenvalue weighted by atomic mass is 32.2. The van der Waals surface area contributed by atoms with Crippen LogP contribution in [-0.2, 0) is 10.0 Å². The first-order valence-corrected chi connectivity index (χ1v) is 7.56. The number of nitrogens with two attached hydrogens (primary N) is 1. The van der Waals surface area contributed by atoms with Crippen LogP contribution in [0.25, 0.3) is 0 Å². The summed E-state index contributed by atoms with van der Waals surface area (Å²) in [6.07, 6.45) is 0. The molecule has 0 saturated heterocycles. The summed E-state index contributed by atoms with van der Waals surface area (Å²) in [6.45, 7) is 1.61. The van der Waals surface area contributed by atoms with Crippen LogP contribution in [-0.4, -0.2) is 33.2 Å². The van der Waals surface area contributed by atoms with E-state index in [1.807, 2.05) is 0 Å². The fourth-order valence-electron chi connectivity index (χ4n) is 1.27. The zero-order chi connectivity index (χ0) is 15.0. The summed E-state index contributed by atoms with van der Waals surface area (Å²) in [5, 5.41) is 0. The van der Waals surface area contributed by atoms with Gasteiger partial charge in [0, 0.05) is 0 Å². The quantitative estimate of drug-likeness (QED) is 0.728. The van der Waals surface area contributed by atoms with Crippen LogP contribution in [0.1, 0.15) is 17.3 Å². The smallest absolute Gasteiger partial charge is 0.252 e. The van der Waals surface area contributed by atoms with Gasteiger partial charge in [0.25, 0.3) is 5.91 Å². The van der Waals surface area contributed by atoms with Crippen LogP contribution >= 0.6 is 0 Å². The van der Waals surface area contributed by atoms with Gasteiger partial charge in [0.15, 0.2) is 0 Å². The molecule has 3 N–H and O–H groups in total. The van der Waals surface area contributed by atoms with Gasteiger partial charge in [-0.1, -0.05) is 24.0 Å². The first kappa shape index (κ1) is 16.0. The number of carbonyl (C=O) groups excluding carboxylic acids is 1. The minimum atomic E-state index is -3.23. The van der Waals surface area contributed by atoms with Crippen molar-refractivity contribution in [1.29, 1.82) is 0 Å². The first-order chi connectivity index (χ1) is 9.46. The SMILES string of the molecule is CCS(=O)(=O)NCC#CCOc1ccccc1C(N)=O. The van der Waals surface area contributed by atoms with E-state index in [9.17, 15) is 13.2 Å². The second-order valence-electron chi connectivity index (χ2n) is 3.73. The molecule has 108 valence electrons. The normalized spacial score (nSPS) is 10.4. The molecule has 0 bridgehead atoms. The van der Waals surface area contributed by atoms with Gasteiger partial charge in [0.1, 0.15) is 12.4 Å². The molecule has 0 fully saturated rings. The minimum absolute atomic E-state index is 0.0111. The maximum absolute atomic E-state index is 11.1. The monoisotopic (exact) mass is 296 g/mol. The molecular weight excluding hydrogens is 280 g/mol. The van der Waals surface area contributed by atoms with Crippen molar-refractivity contribution in [3.05, 3.63) is 29.8 Å². The molecule has 0 aliphatic rings. The van der Waals surface area contributed by atoms with Gasteiger partial charge in [-0.25, -0.2) is 13.1 Å². The lowest BCUT2D eigenvalue weighted by atomic mass is 10.2. The van der Waals surface area contributed by atoms with Gasteiger partial charge >= 0.3 is 0 Å². The Morgan fingerprint density at radius 1 is 1.35 bits per heavy atom. The Bertz CT molecular complexity index is 629. The van der Waals surface area contributed by atoms with E-state index in [1.54, 1.807) is 31.2 Å². The van der Waals surface area contributed by atoms with E-state index in [0.29, 0.717) is 5.75 Å². The Labute approximate surface area is 118 Å². The first-order valence-electron chi connectivity index (χ1n) is 5.91. The van der Waals surface area contributed by atoms with E-state index in [2.05, 4.69) is 16.6 Å². The highest BCUT2D eigenvalue weighted by Crippen LogP contribution is 2.16. The number of hydrogen-bond acceptors (Lipinski definition) is 4. The number of para-hydroxylation sites is 1. The van der Waals surface area contributed by atoms with Gasteiger partial charge < -0.3 is 10.5 Å². The van der Waals surface area contributed by atoms with Crippen molar-refractivity contribution < 1.29 is 17.9 Å². The van der Waals surface area contributed by atoms with Gasteiger partial charge in [-0.2, -0.15) is 0 Å². The van der Waals surface area contributed by atoms with Gasteiger partial charge in [0.2, 0.25) is 10.0 Å². The van der Waals surface area contributed by atoms with E-state index in [0.717, 1.165) is 0 Å². The molecule has 0 radical (unpaired) electrons. The summed E-state index contributed by atoms with van der Waals surface area (Å²) < 4.78 is 29.8. The zero-order valence-electron chi connectivity index (χ0n) is 11.0. The van der Waals surface area contributed by atoms with Crippen molar-refractivity contribution in [1.82, 2.24) is 4.72 Å². The van der Waals surface area contributed by atoms with E-state index in [-0.39, 0.29) is 24.5 Å². The standard InChI is InChI=1S/C13H16N2O4S/c1-2-20(17,18)15-9-5-6-10-19-12-8-4-3-7-11(12)13(14)16/h3-4,7-8,15H,2,9-10H2,1H3,(H2,14,16). The lowest BCUT2D eigenvalue weighted by Gasteiger charge is -2.05. The molecule has 0 aliphatic heterocycles. The summed E-state index contributed by atoms with van der Waals surface area (Å²) >= 11 is 0. The molecule has 1 rings (SSSR count). The molecule has 0 saturated carbocycles. The molecule has 0 spiro atoms. The zero-order valence-corrected chi connectivity index (χ0v) is 11.9. The van der Waals surface area contributed by atoms with Crippen LogP contribution in [0.4, 0.5) is 0 Å². The Morgan fingerprint density at radius 2 is 2.05 bits per heavy atom. The van der Waals surface area contributed by atoms with Gasteiger partial charge in [0.05, 0.1) is 17.9 Å². The number of amides is 1. The third kappa shape index (κ3) is 5.30. The fourth-order valence-corrected chi connectivity index (χ4v) is 1.77. The average Bonchev–Trinajstić information content (AvgIpc) is 2.43. The second-order valence-corrected chi connectivity index (χ2v) is 5.82. The second kappa shape index (κ2) is 7.53. The number of benzene rings is 1. The average molecular weight is 296 g/mol. The number of nitrogens with one attached hydrogen (secondary N) is 1. The molecular formula is C13H16N2O4S. The van der Waals surface area contributed by atoms with Crippen LogP contribution in [0.2, 0.25) is 0 Å². The highest BCUT2D eigenvalue weighted by molar-refractivity contribution is 7.89. The number of ether oxygens (including phenoxy) is 1. The molecule has 20 heavy (non-hydrogen) atoms. The Morgan fingerprint density at radius 3 is 2.70 bits per heavy atom. The minimum Gasteiger partial charge on any atom is -0.480 e. The van der Waals surface area contributed by atoms with Crippen molar-refractivity contribution in [3.63, 3.8) is 0 Å². The topological polar surface area (TPSA) is 98.5 Å². The molecule has 1 aromatic rings. The molecule has 0 heterocycles. The van der Waals surface area contributed by atoms with Crippen molar-refractivity contribution >= 4 is 15.9 Å². The van der Waals surface area contributed by atoms with E-state index in [4.69, 9.17) is 10.5 Å². The predicted molar refractivity (Wildman–Crippen MR) is 75.7 cm³/mol. The van der Waals surface area contributed by atoms with Crippen LogP contribution in [0, 0.1) is 11.8 Å². The van der Waals surface area contributed by atoms with Crippen LogP contribution < -0.4 is 15.2 Å². The predicted octanol–water partition coefficient (Wildman–Crippen LogP) is 0.107. The molecule has 0 aliphatic carbocycles. The Hall–Kier alpha value is -2.04. The van der Waals surface area contributed by atoms with E-state index in [1.165, 1.54) is 0 Å². The molecule has 1 amide bonds. The number of sulfonamides is 1. The maximum Gasteiger partial charge on any atom is 0.252 e. The maximum atomic E-state index is 11.1. The number of primary amides is 1. The third-order valence-corrected chi connectivity index (χ3v) is 3.68. The number of rotatable bonds is 6. The van der Waals surface area contributed by atoms with E-state index < -0.39 is 15.9 Å². The Balaban J connectivity index is 2.48. The lowest BCUT2D eigenvalue weighted by molar-refractivity contribution is 0.0997. The number of hydrogen-bond donors (Lipinski definition) is 2. The summed E-state index contributed by atoms with van der Waals surface area (Å²) in [6, 6.07) is 6.56. The van der Waals surface area contributed by atoms with Crippen molar-refractivity contribution in [3.8, 4) is 17.6 Å². The lowest BCUT2D eigenvalue weighted by Crippen LogP contribution is -2.25. The highest BCUT2D eigenvalue weighted by Gasteiger charge is 2.07. The van der Waals surface area contributed by atoms with Crippen LogP contribution in [0.5, 0.6) is 5.75 Å². The molecule has 0 aromatic heterocycles. The van der Waals surface area contributed by atoms with E-state index >= 15 is 0 Å². The third-order valence-electron chi connectivity index (χ3n) is 2.34. The van der Waals surface area contributed by atoms with Crippen molar-refractivity contribution in [2.75, 3.05) is 18.9 Å². The number of carbonyl (C=O) groups is 1. The largest absolute Gasteiger partial charge is 0.480 e. The molecule has 1 aromatic carbocycles. The summed E-state index contributed by atoms with van der Waals surface area (Å²) in [7, 11) is -3.23. The Kier molecular flexibility index (Phi) is 6.03. The summed E-state index contributed by atoms with van der Waals surface area (Å²) in [5.74, 6) is 5.04. The van der Waals surface area contributed by atoms with Gasteiger partial charge in [-0.3, -0.25) is 4.79 Å².